The van der Waals surface area contributed by atoms with Crippen molar-refractivity contribution >= 4 is 11.9 Å². The molecule has 1 aliphatic rings. The topological polar surface area (TPSA) is 46.6 Å². The zero-order valence-electron chi connectivity index (χ0n) is 10.3. The maximum Gasteiger partial charge on any atom is 0.397 e. The summed E-state index contributed by atoms with van der Waals surface area (Å²) in [6.45, 7) is 1.39. The van der Waals surface area contributed by atoms with Gasteiger partial charge >= 0.3 is 12.1 Å². The minimum absolute atomic E-state index is 0.283. The molecule has 0 aliphatic heterocycles. The molecule has 0 N–H and O–H groups in total. The molecule has 1 fully saturated rings. The number of hydrogen-bond acceptors (Lipinski definition) is 3. The first kappa shape index (κ1) is 14.8. The maximum absolute atomic E-state index is 12.2. The number of carbonyl (C=O) groups is 2. The number of methoxy groups -OCH3 is 1. The number of carbonyl (C=O) groups excluding carboxylic acids is 2. The summed E-state index contributed by atoms with van der Waals surface area (Å²) >= 11 is 0. The van der Waals surface area contributed by atoms with Crippen molar-refractivity contribution in [2.45, 2.75) is 50.9 Å². The maximum atomic E-state index is 12.2. The number of alkyl halides is 3. The van der Waals surface area contributed by atoms with Crippen molar-refractivity contribution in [3.05, 3.63) is 0 Å². The Bertz CT molecular complexity index is 326. The number of ether oxygens (including phenoxy) is 1. The Morgan fingerprint density at radius 2 is 1.94 bits per heavy atom. The molecule has 1 rings (SSSR count). The van der Waals surface area contributed by atoms with Crippen molar-refractivity contribution in [1.82, 2.24) is 4.90 Å². The molecule has 4 nitrogen and oxygen atoms in total. The van der Waals surface area contributed by atoms with Crippen molar-refractivity contribution in [2.75, 3.05) is 7.11 Å². The first-order chi connectivity index (χ1) is 8.26. The molecule has 1 saturated carbocycles. The molecule has 1 atom stereocenters. The van der Waals surface area contributed by atoms with E-state index >= 15 is 0 Å². The van der Waals surface area contributed by atoms with Gasteiger partial charge in [-0.1, -0.05) is 0 Å². The lowest BCUT2D eigenvalue weighted by Crippen LogP contribution is -2.53. The second kappa shape index (κ2) is 5.58. The first-order valence-corrected chi connectivity index (χ1v) is 5.72. The van der Waals surface area contributed by atoms with Crippen LogP contribution in [-0.2, 0) is 14.3 Å². The Kier molecular flexibility index (Phi) is 4.59. The van der Waals surface area contributed by atoms with Gasteiger partial charge in [0.15, 0.2) is 0 Å². The van der Waals surface area contributed by atoms with Gasteiger partial charge in [0.05, 0.1) is 7.11 Å². The van der Waals surface area contributed by atoms with Gasteiger partial charge in [-0.2, -0.15) is 13.2 Å². The van der Waals surface area contributed by atoms with Crippen LogP contribution in [0.3, 0.4) is 0 Å². The average molecular weight is 267 g/mol. The smallest absolute Gasteiger partial charge is 0.397 e. The number of amides is 1. The predicted molar refractivity (Wildman–Crippen MR) is 56.6 cm³/mol. The second-order valence-corrected chi connectivity index (χ2v) is 4.38. The molecule has 7 heteroatoms. The normalized spacial score (nSPS) is 17.8. The van der Waals surface area contributed by atoms with Crippen LogP contribution in [0.4, 0.5) is 13.2 Å². The largest absolute Gasteiger partial charge is 0.467 e. The SMILES string of the molecule is COC(=O)[C@H](C)N(C(=O)CC(F)(F)F)C1CCC1. The summed E-state index contributed by atoms with van der Waals surface area (Å²) in [7, 11) is 1.14. The molecule has 0 saturated heterocycles. The van der Waals surface area contributed by atoms with Crippen LogP contribution in [0.25, 0.3) is 0 Å². The molecule has 0 unspecified atom stereocenters. The van der Waals surface area contributed by atoms with Gasteiger partial charge in [0.25, 0.3) is 0 Å². The molecule has 104 valence electrons. The second-order valence-electron chi connectivity index (χ2n) is 4.38. The molecule has 0 aromatic carbocycles. The van der Waals surface area contributed by atoms with Gasteiger partial charge in [-0.05, 0) is 26.2 Å². The Labute approximate surface area is 103 Å². The third-order valence-corrected chi connectivity index (χ3v) is 3.07. The van der Waals surface area contributed by atoms with Crippen LogP contribution in [0.2, 0.25) is 0 Å². The Morgan fingerprint density at radius 1 is 1.39 bits per heavy atom. The lowest BCUT2D eigenvalue weighted by atomic mass is 9.90. The Morgan fingerprint density at radius 3 is 2.28 bits per heavy atom. The van der Waals surface area contributed by atoms with E-state index in [0.717, 1.165) is 18.4 Å². The van der Waals surface area contributed by atoms with Crippen LogP contribution >= 0.6 is 0 Å². The van der Waals surface area contributed by atoms with Crippen LogP contribution in [0.5, 0.6) is 0 Å². The van der Waals surface area contributed by atoms with Gasteiger partial charge in [0.1, 0.15) is 12.5 Å². The average Bonchev–Trinajstić information content (AvgIpc) is 2.18. The van der Waals surface area contributed by atoms with Gasteiger partial charge in [0.2, 0.25) is 5.91 Å². The summed E-state index contributed by atoms with van der Waals surface area (Å²) in [6.07, 6.45) is -3.98. The van der Waals surface area contributed by atoms with Gasteiger partial charge in [-0.15, -0.1) is 0 Å². The van der Waals surface area contributed by atoms with Crippen LogP contribution in [0.1, 0.15) is 32.6 Å². The Balaban J connectivity index is 2.78. The monoisotopic (exact) mass is 267 g/mol. The van der Waals surface area contributed by atoms with E-state index < -0.39 is 30.5 Å². The lowest BCUT2D eigenvalue weighted by molar-refractivity contribution is -0.171. The summed E-state index contributed by atoms with van der Waals surface area (Å²) in [5.74, 6) is -1.76. The molecule has 0 radical (unpaired) electrons. The summed E-state index contributed by atoms with van der Waals surface area (Å²) in [4.78, 5) is 24.0. The van der Waals surface area contributed by atoms with Gasteiger partial charge in [-0.3, -0.25) is 4.79 Å². The molecule has 0 aromatic heterocycles. The summed E-state index contributed by atoms with van der Waals surface area (Å²) < 4.78 is 41.2. The van der Waals surface area contributed by atoms with E-state index in [1.54, 1.807) is 0 Å². The van der Waals surface area contributed by atoms with E-state index in [-0.39, 0.29) is 6.04 Å². The van der Waals surface area contributed by atoms with E-state index in [4.69, 9.17) is 0 Å². The van der Waals surface area contributed by atoms with Gasteiger partial charge in [0, 0.05) is 6.04 Å². The summed E-state index contributed by atoms with van der Waals surface area (Å²) in [6, 6.07) is -1.26. The van der Waals surface area contributed by atoms with Crippen LogP contribution in [0, 0.1) is 0 Å². The zero-order valence-corrected chi connectivity index (χ0v) is 10.3. The first-order valence-electron chi connectivity index (χ1n) is 5.72. The van der Waals surface area contributed by atoms with Crippen LogP contribution in [-0.4, -0.2) is 42.1 Å². The zero-order chi connectivity index (χ0) is 13.9. The predicted octanol–water partition coefficient (Wildman–Crippen LogP) is 1.88. The highest BCUT2D eigenvalue weighted by molar-refractivity contribution is 5.84. The van der Waals surface area contributed by atoms with E-state index in [9.17, 15) is 22.8 Å². The van der Waals surface area contributed by atoms with E-state index in [2.05, 4.69) is 4.74 Å². The highest BCUT2D eigenvalue weighted by Gasteiger charge is 2.40. The molecule has 18 heavy (non-hydrogen) atoms. The molecular weight excluding hydrogens is 251 g/mol. The molecule has 0 aromatic rings. The molecule has 1 amide bonds. The highest BCUT2D eigenvalue weighted by Crippen LogP contribution is 2.30. The quantitative estimate of drug-likeness (QED) is 0.731. The van der Waals surface area contributed by atoms with Crippen LogP contribution < -0.4 is 0 Å². The fraction of sp³-hybridized carbons (Fsp3) is 0.818. The third kappa shape index (κ3) is 3.61. The van der Waals surface area contributed by atoms with Gasteiger partial charge < -0.3 is 9.64 Å². The summed E-state index contributed by atoms with van der Waals surface area (Å²) in [5, 5.41) is 0. The standard InChI is InChI=1S/C11H16F3NO3/c1-7(10(17)18-2)15(8-4-3-5-8)9(16)6-11(12,13)14/h7-8H,3-6H2,1-2H3/t7-/m0/s1. The fourth-order valence-electron chi connectivity index (χ4n) is 1.95. The lowest BCUT2D eigenvalue weighted by Gasteiger charge is -2.40. The van der Waals surface area contributed by atoms with Crippen molar-refractivity contribution in [3.63, 3.8) is 0 Å². The molecule has 0 spiro atoms. The number of halogens is 3. The van der Waals surface area contributed by atoms with Crippen molar-refractivity contribution in [1.29, 1.82) is 0 Å². The van der Waals surface area contributed by atoms with Gasteiger partial charge in [-0.25, -0.2) is 4.79 Å². The van der Waals surface area contributed by atoms with Crippen molar-refractivity contribution in [3.8, 4) is 0 Å². The number of hydrogen-bond donors (Lipinski definition) is 0. The fourth-order valence-corrected chi connectivity index (χ4v) is 1.95. The van der Waals surface area contributed by atoms with Crippen LogP contribution in [0.15, 0.2) is 0 Å². The number of rotatable bonds is 4. The minimum atomic E-state index is -4.56. The third-order valence-electron chi connectivity index (χ3n) is 3.07. The molecule has 1 aliphatic carbocycles. The minimum Gasteiger partial charge on any atom is -0.467 e. The highest BCUT2D eigenvalue weighted by atomic mass is 19.4. The van der Waals surface area contributed by atoms with E-state index in [0.29, 0.717) is 12.8 Å². The summed E-state index contributed by atoms with van der Waals surface area (Å²) in [5.41, 5.74) is 0. The molecule has 0 heterocycles. The van der Waals surface area contributed by atoms with E-state index in [1.165, 1.54) is 6.92 Å². The Hall–Kier alpha value is -1.27. The molecular formula is C11H16F3NO3. The molecule has 0 bridgehead atoms. The van der Waals surface area contributed by atoms with Crippen molar-refractivity contribution < 1.29 is 27.5 Å². The van der Waals surface area contributed by atoms with Crippen molar-refractivity contribution in [2.24, 2.45) is 0 Å². The van der Waals surface area contributed by atoms with E-state index in [1.807, 2.05) is 0 Å². The number of esters is 1. The number of nitrogens with zero attached hydrogens (tertiary/aromatic N) is 1.